The van der Waals surface area contributed by atoms with Gasteiger partial charge in [0.25, 0.3) is 0 Å². The van der Waals surface area contributed by atoms with E-state index in [-0.39, 0.29) is 17.3 Å². The fourth-order valence-corrected chi connectivity index (χ4v) is 3.46. The number of carbonyl (C=O) groups is 1. The van der Waals surface area contributed by atoms with Gasteiger partial charge < -0.3 is 14.6 Å². The van der Waals surface area contributed by atoms with Crippen LogP contribution in [0.15, 0.2) is 18.5 Å². The van der Waals surface area contributed by atoms with E-state index in [1.807, 2.05) is 0 Å². The van der Waals surface area contributed by atoms with Gasteiger partial charge in [0.2, 0.25) is 0 Å². The van der Waals surface area contributed by atoms with Crippen molar-refractivity contribution in [1.29, 1.82) is 0 Å². The molecule has 1 aliphatic carbocycles. The van der Waals surface area contributed by atoms with Gasteiger partial charge in [-0.3, -0.25) is 4.98 Å². The van der Waals surface area contributed by atoms with Crippen molar-refractivity contribution in [2.24, 2.45) is 0 Å². The maximum atomic E-state index is 11.2. The largest absolute Gasteiger partial charge is 0.488 e. The highest BCUT2D eigenvalue weighted by Crippen LogP contribution is 2.39. The summed E-state index contributed by atoms with van der Waals surface area (Å²) in [6.45, 7) is 0.688. The fraction of sp³-hybridized carbons (Fsp3) is 0.625. The summed E-state index contributed by atoms with van der Waals surface area (Å²) in [4.78, 5) is 15.2. The van der Waals surface area contributed by atoms with E-state index in [0.717, 1.165) is 25.7 Å². The minimum Gasteiger partial charge on any atom is -0.488 e. The van der Waals surface area contributed by atoms with Crippen LogP contribution in [-0.4, -0.2) is 34.4 Å². The first-order valence-corrected chi connectivity index (χ1v) is 7.66. The van der Waals surface area contributed by atoms with E-state index >= 15 is 0 Å². The normalized spacial score (nSPS) is 24.7. The first-order valence-electron chi connectivity index (χ1n) is 7.66. The molecule has 0 bridgehead atoms. The predicted octanol–water partition coefficient (Wildman–Crippen LogP) is 3.04. The summed E-state index contributed by atoms with van der Waals surface area (Å²) >= 11 is 0. The van der Waals surface area contributed by atoms with Crippen molar-refractivity contribution in [2.45, 2.75) is 56.7 Å². The zero-order chi connectivity index (χ0) is 14.7. The lowest BCUT2D eigenvalue weighted by molar-refractivity contribution is -0.129. The maximum absolute atomic E-state index is 11.2. The molecule has 21 heavy (non-hydrogen) atoms. The van der Waals surface area contributed by atoms with E-state index in [0.29, 0.717) is 12.4 Å². The van der Waals surface area contributed by atoms with Gasteiger partial charge in [-0.15, -0.1) is 0 Å². The van der Waals surface area contributed by atoms with Crippen LogP contribution < -0.4 is 4.74 Å². The summed E-state index contributed by atoms with van der Waals surface area (Å²) in [5, 5.41) is 9.20. The molecule has 0 amide bonds. The Morgan fingerprint density at radius 2 is 2.19 bits per heavy atom. The summed E-state index contributed by atoms with van der Waals surface area (Å²) in [6, 6.07) is 1.48. The van der Waals surface area contributed by atoms with Crippen LogP contribution in [0.25, 0.3) is 0 Å². The highest BCUT2D eigenvalue weighted by molar-refractivity contribution is 5.90. The average molecular weight is 291 g/mol. The van der Waals surface area contributed by atoms with Crippen molar-refractivity contribution in [3.05, 3.63) is 24.0 Å². The molecular weight excluding hydrogens is 270 g/mol. The topological polar surface area (TPSA) is 68.7 Å². The lowest BCUT2D eigenvalue weighted by Crippen LogP contribution is -2.45. The number of ether oxygens (including phenoxy) is 2. The number of aromatic nitrogens is 1. The molecule has 1 aromatic heterocycles. The second kappa shape index (κ2) is 6.02. The molecule has 0 aromatic carbocycles. The van der Waals surface area contributed by atoms with Crippen LogP contribution in [0, 0.1) is 0 Å². The highest BCUT2D eigenvalue weighted by Gasteiger charge is 2.39. The van der Waals surface area contributed by atoms with Crippen molar-refractivity contribution in [3.8, 4) is 5.75 Å². The van der Waals surface area contributed by atoms with Gasteiger partial charge in [-0.25, -0.2) is 4.79 Å². The number of carboxylic acids is 1. The Morgan fingerprint density at radius 1 is 1.38 bits per heavy atom. The number of pyridine rings is 1. The number of rotatable bonds is 3. The molecule has 1 saturated carbocycles. The van der Waals surface area contributed by atoms with E-state index in [4.69, 9.17) is 9.47 Å². The third-order valence-electron chi connectivity index (χ3n) is 4.52. The number of aromatic carboxylic acids is 1. The average Bonchev–Trinajstić information content (AvgIpc) is 2.48. The Balaban J connectivity index is 1.71. The number of carboxylic acid groups (broad SMARTS) is 1. The van der Waals surface area contributed by atoms with Crippen molar-refractivity contribution in [3.63, 3.8) is 0 Å². The van der Waals surface area contributed by atoms with E-state index in [1.54, 1.807) is 0 Å². The minimum absolute atomic E-state index is 0.0131. The molecule has 2 aliphatic rings. The molecule has 114 valence electrons. The molecule has 2 fully saturated rings. The van der Waals surface area contributed by atoms with Crippen LogP contribution in [0.2, 0.25) is 0 Å². The van der Waals surface area contributed by atoms with Gasteiger partial charge in [-0.2, -0.15) is 0 Å². The number of nitrogens with zero attached hydrogens (tertiary/aromatic N) is 1. The van der Waals surface area contributed by atoms with E-state index < -0.39 is 5.97 Å². The Bertz CT molecular complexity index is 505. The van der Waals surface area contributed by atoms with Gasteiger partial charge in [0.05, 0.1) is 18.4 Å². The van der Waals surface area contributed by atoms with E-state index in [1.165, 1.54) is 37.7 Å². The lowest BCUT2D eigenvalue weighted by atomic mass is 9.79. The Labute approximate surface area is 124 Å². The van der Waals surface area contributed by atoms with Crippen LogP contribution in [0.5, 0.6) is 5.75 Å². The van der Waals surface area contributed by atoms with E-state index in [2.05, 4.69) is 4.98 Å². The summed E-state index contributed by atoms with van der Waals surface area (Å²) in [7, 11) is 0. The maximum Gasteiger partial charge on any atom is 0.339 e. The molecular formula is C16H21NO4. The SMILES string of the molecule is O=C(O)c1ccncc1OC1CCOC2(CCCCC2)C1. The van der Waals surface area contributed by atoms with Crippen LogP contribution in [0.4, 0.5) is 0 Å². The van der Waals surface area contributed by atoms with Gasteiger partial charge in [-0.1, -0.05) is 19.3 Å². The quantitative estimate of drug-likeness (QED) is 0.927. The molecule has 1 N–H and O–H groups in total. The molecule has 1 aliphatic heterocycles. The van der Waals surface area contributed by atoms with Gasteiger partial charge in [-0.05, 0) is 18.9 Å². The van der Waals surface area contributed by atoms with Gasteiger partial charge >= 0.3 is 5.97 Å². The standard InChI is InChI=1S/C16H21NO4/c18-15(19)13-4-8-17-11-14(13)21-12-5-9-20-16(10-12)6-2-1-3-7-16/h4,8,11-12H,1-3,5-7,9-10H2,(H,18,19). The Morgan fingerprint density at radius 3 is 2.95 bits per heavy atom. The van der Waals surface area contributed by atoms with E-state index in [9.17, 15) is 9.90 Å². The second-order valence-electron chi connectivity index (χ2n) is 6.00. The summed E-state index contributed by atoms with van der Waals surface area (Å²) in [5.41, 5.74) is 0.126. The zero-order valence-electron chi connectivity index (χ0n) is 12.1. The molecule has 1 aromatic rings. The van der Waals surface area contributed by atoms with Gasteiger partial charge in [0.1, 0.15) is 11.7 Å². The lowest BCUT2D eigenvalue weighted by Gasteiger charge is -2.43. The molecule has 5 heteroatoms. The monoisotopic (exact) mass is 291 g/mol. The first kappa shape index (κ1) is 14.3. The molecule has 2 heterocycles. The highest BCUT2D eigenvalue weighted by atomic mass is 16.5. The summed E-state index contributed by atoms with van der Waals surface area (Å²) < 4.78 is 12.0. The van der Waals surface area contributed by atoms with Crippen LogP contribution in [0.1, 0.15) is 55.3 Å². The molecule has 0 radical (unpaired) electrons. The van der Waals surface area contributed by atoms with Crippen molar-refractivity contribution in [2.75, 3.05) is 6.61 Å². The minimum atomic E-state index is -0.980. The molecule has 5 nitrogen and oxygen atoms in total. The smallest absolute Gasteiger partial charge is 0.339 e. The van der Waals surface area contributed by atoms with Crippen molar-refractivity contribution in [1.82, 2.24) is 4.98 Å². The summed E-state index contributed by atoms with van der Waals surface area (Å²) in [6.07, 6.45) is 10.5. The van der Waals surface area contributed by atoms with Gasteiger partial charge in [0.15, 0.2) is 5.75 Å². The van der Waals surface area contributed by atoms with Crippen molar-refractivity contribution >= 4 is 5.97 Å². The number of hydrogen-bond acceptors (Lipinski definition) is 4. The van der Waals surface area contributed by atoms with Crippen LogP contribution in [-0.2, 0) is 4.74 Å². The fourth-order valence-electron chi connectivity index (χ4n) is 3.46. The van der Waals surface area contributed by atoms with Gasteiger partial charge in [0, 0.05) is 19.0 Å². The Hall–Kier alpha value is -1.62. The molecule has 3 rings (SSSR count). The first-order chi connectivity index (χ1) is 10.2. The molecule has 1 spiro atoms. The number of hydrogen-bond donors (Lipinski definition) is 1. The third kappa shape index (κ3) is 3.18. The molecule has 1 atom stereocenters. The molecule has 1 unspecified atom stereocenters. The van der Waals surface area contributed by atoms with Crippen molar-refractivity contribution < 1.29 is 19.4 Å². The van der Waals surface area contributed by atoms with Crippen LogP contribution >= 0.6 is 0 Å². The zero-order valence-corrected chi connectivity index (χ0v) is 12.1. The molecule has 1 saturated heterocycles. The van der Waals surface area contributed by atoms with Crippen LogP contribution in [0.3, 0.4) is 0 Å². The summed E-state index contributed by atoms with van der Waals surface area (Å²) in [5.74, 6) is -0.616. The Kier molecular flexibility index (Phi) is 4.10. The third-order valence-corrected chi connectivity index (χ3v) is 4.52. The second-order valence-corrected chi connectivity index (χ2v) is 6.00. The predicted molar refractivity (Wildman–Crippen MR) is 76.6 cm³/mol.